The summed E-state index contributed by atoms with van der Waals surface area (Å²) < 4.78 is 50.7. The molecule has 0 saturated heterocycles. The third-order valence-electron chi connectivity index (χ3n) is 6.68. The number of sulfonamides is 1. The minimum absolute atomic E-state index is 0.0223. The number of carbonyl (C=O) groups excluding carboxylic acids is 2. The van der Waals surface area contributed by atoms with Crippen molar-refractivity contribution in [3.63, 3.8) is 0 Å². The minimum atomic E-state index is -3.87. The van der Waals surface area contributed by atoms with Gasteiger partial charge in [0.15, 0.2) is 11.5 Å². The maximum Gasteiger partial charge on any atom is 0.244 e. The van der Waals surface area contributed by atoms with Gasteiger partial charge < -0.3 is 19.7 Å². The van der Waals surface area contributed by atoms with Crippen molar-refractivity contribution in [3.8, 4) is 11.5 Å². The number of amides is 2. The number of hydrogen-bond acceptors (Lipinski definition) is 6. The predicted octanol–water partition coefficient (Wildman–Crippen LogP) is 3.19. The van der Waals surface area contributed by atoms with Crippen LogP contribution in [0.3, 0.4) is 0 Å². The molecule has 0 spiro atoms. The summed E-state index contributed by atoms with van der Waals surface area (Å²) in [5.41, 5.74) is 0.862. The van der Waals surface area contributed by atoms with E-state index in [1.54, 1.807) is 25.1 Å². The fraction of sp³-hybridized carbons (Fsp3) is 0.462. The lowest BCUT2D eigenvalue weighted by Gasteiger charge is -2.33. The van der Waals surface area contributed by atoms with E-state index in [1.807, 2.05) is 0 Å². The van der Waals surface area contributed by atoms with Crippen LogP contribution in [0.4, 0.5) is 10.1 Å². The van der Waals surface area contributed by atoms with E-state index in [9.17, 15) is 22.4 Å². The second-order valence-corrected chi connectivity index (χ2v) is 11.3. The van der Waals surface area contributed by atoms with E-state index >= 15 is 0 Å². The number of fused-ring (bicyclic) bond motifs is 1. The Labute approximate surface area is 216 Å². The average molecular weight is 534 g/mol. The number of anilines is 1. The first-order valence-corrected chi connectivity index (χ1v) is 14.2. The highest BCUT2D eigenvalue weighted by Crippen LogP contribution is 2.36. The molecule has 1 atom stereocenters. The van der Waals surface area contributed by atoms with Gasteiger partial charge in [-0.15, -0.1) is 0 Å². The third-order valence-corrected chi connectivity index (χ3v) is 7.82. The van der Waals surface area contributed by atoms with Gasteiger partial charge in [-0.3, -0.25) is 13.9 Å². The Morgan fingerprint density at radius 2 is 1.76 bits per heavy atom. The van der Waals surface area contributed by atoms with Gasteiger partial charge in [-0.05, 0) is 49.1 Å². The van der Waals surface area contributed by atoms with Gasteiger partial charge in [0.2, 0.25) is 28.6 Å². The summed E-state index contributed by atoms with van der Waals surface area (Å²) >= 11 is 0. The molecular weight excluding hydrogens is 501 g/mol. The van der Waals surface area contributed by atoms with Crippen LogP contribution in [0.1, 0.15) is 44.6 Å². The highest BCUT2D eigenvalue weighted by molar-refractivity contribution is 7.92. The van der Waals surface area contributed by atoms with Crippen LogP contribution in [0.25, 0.3) is 0 Å². The second kappa shape index (κ2) is 11.4. The molecule has 9 nitrogen and oxygen atoms in total. The van der Waals surface area contributed by atoms with Gasteiger partial charge >= 0.3 is 0 Å². The normalized spacial score (nSPS) is 15.9. The van der Waals surface area contributed by atoms with Crippen molar-refractivity contribution in [1.82, 2.24) is 10.2 Å². The van der Waals surface area contributed by atoms with Crippen LogP contribution in [0, 0.1) is 5.82 Å². The van der Waals surface area contributed by atoms with Gasteiger partial charge in [-0.25, -0.2) is 12.8 Å². The van der Waals surface area contributed by atoms with E-state index in [4.69, 9.17) is 9.47 Å². The Bertz CT molecular complexity index is 1230. The Morgan fingerprint density at radius 1 is 1.08 bits per heavy atom. The van der Waals surface area contributed by atoms with Gasteiger partial charge in [0.25, 0.3) is 0 Å². The van der Waals surface area contributed by atoms with E-state index < -0.39 is 34.3 Å². The van der Waals surface area contributed by atoms with Crippen molar-refractivity contribution in [2.45, 2.75) is 57.7 Å². The maximum absolute atomic E-state index is 13.7. The van der Waals surface area contributed by atoms with Crippen LogP contribution in [0.5, 0.6) is 11.5 Å². The van der Waals surface area contributed by atoms with Gasteiger partial charge in [0, 0.05) is 18.7 Å². The van der Waals surface area contributed by atoms with Crippen LogP contribution in [0.2, 0.25) is 0 Å². The van der Waals surface area contributed by atoms with Crippen LogP contribution < -0.4 is 19.1 Å². The monoisotopic (exact) mass is 533 g/mol. The molecule has 2 aliphatic rings. The summed E-state index contributed by atoms with van der Waals surface area (Å²) in [5, 5.41) is 3.05. The maximum atomic E-state index is 13.7. The molecule has 1 fully saturated rings. The van der Waals surface area contributed by atoms with Crippen molar-refractivity contribution < 1.29 is 31.9 Å². The van der Waals surface area contributed by atoms with E-state index in [0.717, 1.165) is 36.2 Å². The quantitative estimate of drug-likeness (QED) is 0.503. The molecule has 2 aromatic rings. The molecule has 1 heterocycles. The van der Waals surface area contributed by atoms with Crippen molar-refractivity contribution in [2.24, 2.45) is 0 Å². The molecule has 0 unspecified atom stereocenters. The molecule has 4 rings (SSSR count). The second-order valence-electron chi connectivity index (χ2n) is 9.37. The van der Waals surface area contributed by atoms with Crippen LogP contribution >= 0.6 is 0 Å². The number of rotatable bonds is 10. The number of benzene rings is 2. The van der Waals surface area contributed by atoms with E-state index in [-0.39, 0.29) is 31.0 Å². The molecule has 11 heteroatoms. The molecule has 1 saturated carbocycles. The molecule has 1 aliphatic carbocycles. The van der Waals surface area contributed by atoms with Crippen LogP contribution in [-0.2, 0) is 26.2 Å². The molecule has 1 N–H and O–H groups in total. The minimum Gasteiger partial charge on any atom is -0.454 e. The smallest absolute Gasteiger partial charge is 0.244 e. The SMILES string of the molecule is CC[C@@H](C(=O)NC1CCCC1)N(Cc1ccc(F)cc1)C(=O)CN(c1ccc2c(c1)OCO2)S(C)(=O)=O. The lowest BCUT2D eigenvalue weighted by molar-refractivity contribution is -0.140. The summed E-state index contributed by atoms with van der Waals surface area (Å²) in [6.45, 7) is 1.33. The van der Waals surface area contributed by atoms with Crippen molar-refractivity contribution in [2.75, 3.05) is 23.9 Å². The number of hydrogen-bond donors (Lipinski definition) is 1. The molecule has 200 valence electrons. The Balaban J connectivity index is 1.62. The zero-order valence-corrected chi connectivity index (χ0v) is 21.8. The summed E-state index contributed by atoms with van der Waals surface area (Å²) in [6, 6.07) is 9.52. The fourth-order valence-corrected chi connectivity index (χ4v) is 5.57. The molecule has 2 aromatic carbocycles. The number of nitrogens with zero attached hydrogens (tertiary/aromatic N) is 2. The molecule has 0 radical (unpaired) electrons. The molecular formula is C26H32FN3O6S. The number of nitrogens with one attached hydrogen (secondary N) is 1. The number of halogens is 1. The number of ether oxygens (including phenoxy) is 2. The predicted molar refractivity (Wildman–Crippen MR) is 136 cm³/mol. The molecule has 0 aromatic heterocycles. The fourth-order valence-electron chi connectivity index (χ4n) is 4.73. The zero-order chi connectivity index (χ0) is 26.6. The first-order valence-electron chi connectivity index (χ1n) is 12.4. The molecule has 2 amide bonds. The summed E-state index contributed by atoms with van der Waals surface area (Å²) in [7, 11) is -3.87. The molecule has 37 heavy (non-hydrogen) atoms. The third kappa shape index (κ3) is 6.51. The molecule has 1 aliphatic heterocycles. The Hall–Kier alpha value is -3.34. The van der Waals surface area contributed by atoms with Crippen LogP contribution in [0.15, 0.2) is 42.5 Å². The lowest BCUT2D eigenvalue weighted by atomic mass is 10.1. The zero-order valence-electron chi connectivity index (χ0n) is 21.0. The van der Waals surface area contributed by atoms with Gasteiger partial charge in [0.1, 0.15) is 18.4 Å². The topological polar surface area (TPSA) is 105 Å². The standard InChI is InChI=1S/C26H32FN3O6S/c1-3-22(26(32)28-20-6-4-5-7-20)29(15-18-8-10-19(27)11-9-18)25(31)16-30(37(2,33)34)21-12-13-23-24(14-21)36-17-35-23/h8-14,20,22H,3-7,15-17H2,1-2H3,(H,28,32)/t22-/m0/s1. The summed E-state index contributed by atoms with van der Waals surface area (Å²) in [5.74, 6) is -0.390. The Kier molecular flexibility index (Phi) is 8.21. The largest absolute Gasteiger partial charge is 0.454 e. The van der Waals surface area contributed by atoms with Gasteiger partial charge in [-0.1, -0.05) is 31.9 Å². The van der Waals surface area contributed by atoms with Crippen LogP contribution in [-0.4, -0.2) is 56.8 Å². The van der Waals surface area contributed by atoms with Crippen molar-refractivity contribution in [1.29, 1.82) is 0 Å². The van der Waals surface area contributed by atoms with Gasteiger partial charge in [0.05, 0.1) is 11.9 Å². The van der Waals surface area contributed by atoms with E-state index in [2.05, 4.69) is 5.32 Å². The first-order chi connectivity index (χ1) is 17.7. The number of carbonyl (C=O) groups is 2. The first kappa shape index (κ1) is 26.7. The lowest BCUT2D eigenvalue weighted by Crippen LogP contribution is -2.53. The van der Waals surface area contributed by atoms with Crippen molar-refractivity contribution >= 4 is 27.5 Å². The van der Waals surface area contributed by atoms with Crippen molar-refractivity contribution in [3.05, 3.63) is 53.8 Å². The summed E-state index contributed by atoms with van der Waals surface area (Å²) in [6.07, 6.45) is 5.20. The Morgan fingerprint density at radius 3 is 2.41 bits per heavy atom. The highest BCUT2D eigenvalue weighted by atomic mass is 32.2. The average Bonchev–Trinajstić information content (AvgIpc) is 3.54. The van der Waals surface area contributed by atoms with E-state index in [0.29, 0.717) is 23.5 Å². The molecule has 0 bridgehead atoms. The van der Waals surface area contributed by atoms with Gasteiger partial charge in [-0.2, -0.15) is 0 Å². The highest BCUT2D eigenvalue weighted by Gasteiger charge is 2.33. The summed E-state index contributed by atoms with van der Waals surface area (Å²) in [4.78, 5) is 28.4. The van der Waals surface area contributed by atoms with E-state index in [1.165, 1.54) is 29.2 Å².